The summed E-state index contributed by atoms with van der Waals surface area (Å²) in [6, 6.07) is 1.36. The number of benzene rings is 2. The lowest BCUT2D eigenvalue weighted by molar-refractivity contribution is -0.401. The normalized spacial score (nSPS) is 11.2. The number of hydrogen-bond acceptors (Lipinski definition) is 7. The van der Waals surface area contributed by atoms with E-state index >= 15 is 0 Å². The molecule has 154 valence electrons. The van der Waals surface area contributed by atoms with Crippen LogP contribution in [-0.4, -0.2) is 14.8 Å². The molecule has 2 rings (SSSR count). The average Bonchev–Trinajstić information content (AvgIpc) is 2.59. The number of hydrogen-bond donors (Lipinski definition) is 1. The van der Waals surface area contributed by atoms with Gasteiger partial charge in [0.1, 0.15) is 0 Å². The Morgan fingerprint density at radius 2 is 1.34 bits per heavy atom. The maximum absolute atomic E-state index is 13.2. The van der Waals surface area contributed by atoms with Crippen molar-refractivity contribution in [2.45, 2.75) is 6.18 Å². The number of alkyl halides is 3. The van der Waals surface area contributed by atoms with Crippen LogP contribution < -0.4 is 5.32 Å². The molecule has 0 saturated heterocycles. The van der Waals surface area contributed by atoms with E-state index in [1.807, 2.05) is 0 Å². The van der Waals surface area contributed by atoms with Gasteiger partial charge in [-0.05, 0) is 22.0 Å². The topological polar surface area (TPSA) is 141 Å². The van der Waals surface area contributed by atoms with Crippen LogP contribution in [0.3, 0.4) is 0 Å². The van der Waals surface area contributed by atoms with E-state index in [-0.39, 0.29) is 4.47 Å². The van der Waals surface area contributed by atoms with Gasteiger partial charge in [-0.2, -0.15) is 13.2 Å². The molecule has 0 radical (unpaired) electrons. The molecule has 0 aliphatic rings. The maximum atomic E-state index is 13.2. The highest BCUT2D eigenvalue weighted by Gasteiger charge is 2.37. The first-order chi connectivity index (χ1) is 13.3. The molecule has 0 aromatic heterocycles. The highest BCUT2D eigenvalue weighted by molar-refractivity contribution is 9.10. The molecule has 0 aliphatic carbocycles. The standard InChI is InChI=1S/C13H4BrCl2F3N4O6/c14-6-3-5(13(17,18)19)9(15)12(10(6)16)20-11-7(22(26)27)1-4(21(24)25)2-8(11)23(28)29/h1-3,20H. The summed E-state index contributed by atoms with van der Waals surface area (Å²) < 4.78 is 39.2. The zero-order chi connectivity index (χ0) is 22.3. The van der Waals surface area contributed by atoms with Crippen molar-refractivity contribution in [3.05, 3.63) is 68.6 Å². The SMILES string of the molecule is O=[N+]([O-])c1cc([N+](=O)[O-])c(Nc2c(Cl)c(Br)cc(C(F)(F)F)c2Cl)c([N+](=O)[O-])c1. The Labute approximate surface area is 175 Å². The van der Waals surface area contributed by atoms with E-state index in [2.05, 4.69) is 21.2 Å². The number of anilines is 2. The maximum Gasteiger partial charge on any atom is 0.417 e. The zero-order valence-electron chi connectivity index (χ0n) is 13.3. The third-order valence-electron chi connectivity index (χ3n) is 3.40. The fourth-order valence-corrected chi connectivity index (χ4v) is 3.14. The quantitative estimate of drug-likeness (QED) is 0.279. The Bertz CT molecular complexity index is 1030. The third-order valence-corrected chi connectivity index (χ3v) is 5.04. The average molecular weight is 520 g/mol. The van der Waals surface area contributed by atoms with Gasteiger partial charge in [-0.3, -0.25) is 30.3 Å². The van der Waals surface area contributed by atoms with Crippen LogP contribution in [0.4, 0.5) is 41.6 Å². The number of non-ortho nitro benzene ring substituents is 1. The van der Waals surface area contributed by atoms with Crippen LogP contribution in [0.15, 0.2) is 22.7 Å². The Morgan fingerprint density at radius 1 is 0.862 bits per heavy atom. The lowest BCUT2D eigenvalue weighted by Crippen LogP contribution is -2.09. The summed E-state index contributed by atoms with van der Waals surface area (Å²) in [7, 11) is 0. The lowest BCUT2D eigenvalue weighted by atomic mass is 10.1. The van der Waals surface area contributed by atoms with E-state index in [0.29, 0.717) is 18.2 Å². The van der Waals surface area contributed by atoms with Gasteiger partial charge in [0, 0.05) is 4.47 Å². The molecular formula is C13H4BrCl2F3N4O6. The van der Waals surface area contributed by atoms with Crippen molar-refractivity contribution < 1.29 is 27.9 Å². The largest absolute Gasteiger partial charge is 0.417 e. The molecule has 10 nitrogen and oxygen atoms in total. The molecule has 0 saturated carbocycles. The van der Waals surface area contributed by atoms with Crippen LogP contribution in [0.5, 0.6) is 0 Å². The molecule has 1 N–H and O–H groups in total. The number of nitro groups is 3. The Balaban J connectivity index is 2.84. The fourth-order valence-electron chi connectivity index (χ4n) is 2.16. The van der Waals surface area contributed by atoms with Gasteiger partial charge >= 0.3 is 17.6 Å². The molecule has 0 aliphatic heterocycles. The minimum absolute atomic E-state index is 0.314. The third kappa shape index (κ3) is 4.49. The summed E-state index contributed by atoms with van der Waals surface area (Å²) in [6.45, 7) is 0. The second-order valence-electron chi connectivity index (χ2n) is 5.16. The molecule has 2 aromatic rings. The first-order valence-corrected chi connectivity index (χ1v) is 8.43. The molecule has 0 heterocycles. The highest BCUT2D eigenvalue weighted by Crippen LogP contribution is 2.48. The molecule has 0 fully saturated rings. The van der Waals surface area contributed by atoms with Crippen LogP contribution in [0.2, 0.25) is 10.0 Å². The first-order valence-electron chi connectivity index (χ1n) is 6.88. The molecule has 0 bridgehead atoms. The van der Waals surface area contributed by atoms with Gasteiger partial charge in [-0.1, -0.05) is 23.2 Å². The Morgan fingerprint density at radius 3 is 1.72 bits per heavy atom. The number of nitrogens with one attached hydrogen (secondary N) is 1. The number of nitro benzene ring substituents is 3. The monoisotopic (exact) mass is 518 g/mol. The Hall–Kier alpha value is -2.71. The molecule has 0 spiro atoms. The highest BCUT2D eigenvalue weighted by atomic mass is 79.9. The second-order valence-corrected chi connectivity index (χ2v) is 6.77. The molecule has 0 amide bonds. The number of rotatable bonds is 5. The van der Waals surface area contributed by atoms with E-state index < -0.39 is 65.0 Å². The van der Waals surface area contributed by atoms with E-state index in [1.54, 1.807) is 0 Å². The van der Waals surface area contributed by atoms with Crippen LogP contribution >= 0.6 is 39.1 Å². The molecule has 0 atom stereocenters. The second kappa shape index (κ2) is 7.96. The van der Waals surface area contributed by atoms with Gasteiger partial charge < -0.3 is 5.32 Å². The summed E-state index contributed by atoms with van der Waals surface area (Å²) in [5.41, 5.74) is -6.32. The van der Waals surface area contributed by atoms with Gasteiger partial charge in [-0.25, -0.2) is 0 Å². The van der Waals surface area contributed by atoms with Crippen molar-refractivity contribution in [1.82, 2.24) is 0 Å². The van der Waals surface area contributed by atoms with Gasteiger partial charge in [0.25, 0.3) is 5.69 Å². The van der Waals surface area contributed by atoms with Crippen molar-refractivity contribution >= 4 is 67.6 Å². The summed E-state index contributed by atoms with van der Waals surface area (Å²) in [5.74, 6) is 0. The van der Waals surface area contributed by atoms with Gasteiger partial charge in [0.05, 0.1) is 48.2 Å². The summed E-state index contributed by atoms with van der Waals surface area (Å²) in [5, 5.41) is 34.0. The fraction of sp³-hybridized carbons (Fsp3) is 0.0769. The van der Waals surface area contributed by atoms with E-state index in [0.717, 1.165) is 0 Å². The van der Waals surface area contributed by atoms with Crippen LogP contribution in [0.1, 0.15) is 5.56 Å². The van der Waals surface area contributed by atoms with Gasteiger partial charge in [-0.15, -0.1) is 0 Å². The summed E-state index contributed by atoms with van der Waals surface area (Å²) in [4.78, 5) is 30.0. The van der Waals surface area contributed by atoms with Gasteiger partial charge in [0.2, 0.25) is 0 Å². The van der Waals surface area contributed by atoms with Crippen LogP contribution in [-0.2, 0) is 6.18 Å². The summed E-state index contributed by atoms with van der Waals surface area (Å²) in [6.07, 6.45) is -4.95. The van der Waals surface area contributed by atoms with E-state index in [4.69, 9.17) is 23.2 Å². The zero-order valence-corrected chi connectivity index (χ0v) is 16.4. The molecule has 0 unspecified atom stereocenters. The van der Waals surface area contributed by atoms with Crippen molar-refractivity contribution in [2.75, 3.05) is 5.32 Å². The van der Waals surface area contributed by atoms with Crippen molar-refractivity contribution in [3.8, 4) is 0 Å². The van der Waals surface area contributed by atoms with Crippen LogP contribution in [0.25, 0.3) is 0 Å². The molecule has 29 heavy (non-hydrogen) atoms. The minimum atomic E-state index is -4.95. The van der Waals surface area contributed by atoms with E-state index in [9.17, 15) is 43.5 Å². The smallest absolute Gasteiger partial charge is 0.342 e. The van der Waals surface area contributed by atoms with E-state index in [1.165, 1.54) is 0 Å². The molecule has 16 heteroatoms. The Kier molecular flexibility index (Phi) is 6.20. The van der Waals surface area contributed by atoms with Crippen LogP contribution in [0, 0.1) is 30.3 Å². The lowest BCUT2D eigenvalue weighted by Gasteiger charge is -2.17. The van der Waals surface area contributed by atoms with Gasteiger partial charge in [0.15, 0.2) is 5.69 Å². The first kappa shape index (κ1) is 22.6. The summed E-state index contributed by atoms with van der Waals surface area (Å²) >= 11 is 14.4. The number of halogens is 6. The van der Waals surface area contributed by atoms with Crippen molar-refractivity contribution in [2.24, 2.45) is 0 Å². The predicted octanol–water partition coefficient (Wildman–Crippen LogP) is 6.24. The minimum Gasteiger partial charge on any atom is -0.342 e. The van der Waals surface area contributed by atoms with Crippen molar-refractivity contribution in [3.63, 3.8) is 0 Å². The number of nitrogens with zero attached hydrogens (tertiary/aromatic N) is 3. The predicted molar refractivity (Wildman–Crippen MR) is 98.9 cm³/mol. The molecular weight excluding hydrogens is 516 g/mol. The van der Waals surface area contributed by atoms with Crippen molar-refractivity contribution in [1.29, 1.82) is 0 Å². The molecule has 2 aromatic carbocycles.